The third-order valence-corrected chi connectivity index (χ3v) is 5.94. The number of nitrogens with zero attached hydrogens (tertiary/aromatic N) is 4. The van der Waals surface area contributed by atoms with Gasteiger partial charge in [-0.15, -0.1) is 10.2 Å². The zero-order valence-corrected chi connectivity index (χ0v) is 15.6. The summed E-state index contributed by atoms with van der Waals surface area (Å²) >= 11 is 4.40. The average molecular weight is 420 g/mol. The van der Waals surface area contributed by atoms with E-state index in [9.17, 15) is 13.2 Å². The number of amides is 1. The molecule has 2 heterocycles. The summed E-state index contributed by atoms with van der Waals surface area (Å²) in [7, 11) is -3.60. The van der Waals surface area contributed by atoms with E-state index in [1.807, 2.05) is 6.92 Å². The maximum Gasteiger partial charge on any atom is 0.277 e. The standard InChI is InChI=1S/C12H14BrN5O3S2/c1-3-5-23(20,21)12-14-6-7(13)9(15-12)10(19)16-11-18-17-8(4-2)22-11/h6H,3-5H2,1-2H3,(H,16,18,19). The lowest BCUT2D eigenvalue weighted by Gasteiger charge is -2.06. The SMILES string of the molecule is CCCS(=O)(=O)c1ncc(Br)c(C(=O)Nc2nnc(CC)s2)n1. The number of nitrogens with one attached hydrogen (secondary N) is 1. The van der Waals surface area contributed by atoms with Gasteiger partial charge in [-0.1, -0.05) is 25.2 Å². The van der Waals surface area contributed by atoms with E-state index in [-0.39, 0.29) is 16.6 Å². The van der Waals surface area contributed by atoms with Crippen LogP contribution in [0.2, 0.25) is 0 Å². The Balaban J connectivity index is 2.29. The Morgan fingerprint density at radius 1 is 1.35 bits per heavy atom. The molecule has 0 saturated carbocycles. The first kappa shape index (κ1) is 17.9. The van der Waals surface area contributed by atoms with Crippen molar-refractivity contribution in [1.82, 2.24) is 20.2 Å². The molecule has 0 unspecified atom stereocenters. The summed E-state index contributed by atoms with van der Waals surface area (Å²) < 4.78 is 24.3. The van der Waals surface area contributed by atoms with Gasteiger partial charge in [0.2, 0.25) is 20.1 Å². The van der Waals surface area contributed by atoms with Crippen molar-refractivity contribution >= 4 is 48.1 Å². The van der Waals surface area contributed by atoms with Gasteiger partial charge >= 0.3 is 0 Å². The maximum atomic E-state index is 12.3. The van der Waals surface area contributed by atoms with Gasteiger partial charge in [0.05, 0.1) is 10.2 Å². The predicted molar refractivity (Wildman–Crippen MR) is 89.3 cm³/mol. The molecule has 0 aliphatic carbocycles. The topological polar surface area (TPSA) is 115 Å². The molecular weight excluding hydrogens is 406 g/mol. The molecule has 1 N–H and O–H groups in total. The number of aryl methyl sites for hydroxylation is 1. The highest BCUT2D eigenvalue weighted by atomic mass is 79.9. The van der Waals surface area contributed by atoms with E-state index in [4.69, 9.17) is 0 Å². The molecule has 23 heavy (non-hydrogen) atoms. The smallest absolute Gasteiger partial charge is 0.277 e. The summed E-state index contributed by atoms with van der Waals surface area (Å²) in [4.78, 5) is 20.0. The number of halogens is 1. The van der Waals surface area contributed by atoms with Crippen LogP contribution in [0.3, 0.4) is 0 Å². The summed E-state index contributed by atoms with van der Waals surface area (Å²) in [5.41, 5.74) is -0.0667. The van der Waals surface area contributed by atoms with Gasteiger partial charge in [-0.05, 0) is 28.8 Å². The van der Waals surface area contributed by atoms with Crippen LogP contribution in [0.15, 0.2) is 15.8 Å². The summed E-state index contributed by atoms with van der Waals surface area (Å²) in [6.45, 7) is 3.67. The first-order valence-electron chi connectivity index (χ1n) is 6.76. The third kappa shape index (κ3) is 4.30. The molecule has 2 aromatic heterocycles. The van der Waals surface area contributed by atoms with Crippen molar-refractivity contribution in [3.05, 3.63) is 21.4 Å². The van der Waals surface area contributed by atoms with Crippen LogP contribution in [-0.2, 0) is 16.3 Å². The molecule has 0 saturated heterocycles. The lowest BCUT2D eigenvalue weighted by Crippen LogP contribution is -2.18. The van der Waals surface area contributed by atoms with Crippen LogP contribution in [0.1, 0.15) is 35.8 Å². The minimum atomic E-state index is -3.60. The van der Waals surface area contributed by atoms with Crippen molar-refractivity contribution in [2.75, 3.05) is 11.1 Å². The molecule has 0 atom stereocenters. The van der Waals surface area contributed by atoms with Crippen LogP contribution in [0.25, 0.3) is 0 Å². The zero-order chi connectivity index (χ0) is 17.0. The van der Waals surface area contributed by atoms with Gasteiger partial charge in [-0.2, -0.15) is 0 Å². The van der Waals surface area contributed by atoms with E-state index in [0.717, 1.165) is 5.01 Å². The Hall–Kier alpha value is -1.46. The minimum absolute atomic E-state index is 0.0667. The molecule has 0 radical (unpaired) electrons. The van der Waals surface area contributed by atoms with Crippen molar-refractivity contribution in [1.29, 1.82) is 0 Å². The number of rotatable bonds is 6. The molecule has 0 aliphatic heterocycles. The van der Waals surface area contributed by atoms with E-state index >= 15 is 0 Å². The second-order valence-electron chi connectivity index (χ2n) is 4.48. The fourth-order valence-corrected chi connectivity index (χ4v) is 3.83. The largest absolute Gasteiger partial charge is 0.295 e. The lowest BCUT2D eigenvalue weighted by molar-refractivity contribution is 0.102. The second-order valence-corrected chi connectivity index (χ2v) is 8.40. The van der Waals surface area contributed by atoms with Gasteiger partial charge in [0, 0.05) is 6.20 Å². The summed E-state index contributed by atoms with van der Waals surface area (Å²) in [5.74, 6) is -0.655. The zero-order valence-electron chi connectivity index (χ0n) is 12.4. The van der Waals surface area contributed by atoms with Crippen molar-refractivity contribution < 1.29 is 13.2 Å². The monoisotopic (exact) mass is 419 g/mol. The number of carbonyl (C=O) groups excluding carboxylic acids is 1. The van der Waals surface area contributed by atoms with Gasteiger partial charge < -0.3 is 0 Å². The first-order chi connectivity index (χ1) is 10.9. The van der Waals surface area contributed by atoms with Gasteiger partial charge in [0.25, 0.3) is 5.91 Å². The van der Waals surface area contributed by atoms with Crippen LogP contribution >= 0.6 is 27.3 Å². The Morgan fingerprint density at radius 3 is 2.70 bits per heavy atom. The van der Waals surface area contributed by atoms with Gasteiger partial charge in [-0.3, -0.25) is 10.1 Å². The van der Waals surface area contributed by atoms with Gasteiger partial charge in [-0.25, -0.2) is 18.4 Å². The van der Waals surface area contributed by atoms with E-state index in [1.54, 1.807) is 6.92 Å². The van der Waals surface area contributed by atoms with Crippen LogP contribution in [0, 0.1) is 0 Å². The summed E-state index contributed by atoms with van der Waals surface area (Å²) in [6.07, 6.45) is 2.40. The molecule has 1 amide bonds. The quantitative estimate of drug-likeness (QED) is 0.712. The molecule has 0 spiro atoms. The summed E-state index contributed by atoms with van der Waals surface area (Å²) in [6, 6.07) is 0. The number of hydrogen-bond acceptors (Lipinski definition) is 8. The minimum Gasteiger partial charge on any atom is -0.295 e. The summed E-state index contributed by atoms with van der Waals surface area (Å²) in [5, 5.41) is 11.0. The van der Waals surface area contributed by atoms with Crippen molar-refractivity contribution in [3.63, 3.8) is 0 Å². The number of hydrogen-bond donors (Lipinski definition) is 1. The highest BCUT2D eigenvalue weighted by Crippen LogP contribution is 2.20. The van der Waals surface area contributed by atoms with Gasteiger partial charge in [0.1, 0.15) is 10.7 Å². The van der Waals surface area contributed by atoms with E-state index in [0.29, 0.717) is 22.4 Å². The maximum absolute atomic E-state index is 12.3. The second kappa shape index (κ2) is 7.41. The van der Waals surface area contributed by atoms with E-state index in [1.165, 1.54) is 17.5 Å². The predicted octanol–water partition coefficient (Wildman–Crippen LogP) is 2.09. The molecule has 124 valence electrons. The molecule has 0 aliphatic rings. The molecule has 8 nitrogen and oxygen atoms in total. The number of carbonyl (C=O) groups is 1. The molecule has 2 aromatic rings. The number of anilines is 1. The normalized spacial score (nSPS) is 11.4. The Labute approximate surface area is 145 Å². The van der Waals surface area contributed by atoms with E-state index in [2.05, 4.69) is 41.4 Å². The van der Waals surface area contributed by atoms with Gasteiger partial charge in [0.15, 0.2) is 0 Å². The van der Waals surface area contributed by atoms with E-state index < -0.39 is 15.7 Å². The molecule has 0 fully saturated rings. The Morgan fingerprint density at radius 2 is 2.09 bits per heavy atom. The number of aromatic nitrogens is 4. The van der Waals surface area contributed by atoms with Crippen molar-refractivity contribution in [2.45, 2.75) is 31.8 Å². The highest BCUT2D eigenvalue weighted by Gasteiger charge is 2.22. The fraction of sp³-hybridized carbons (Fsp3) is 0.417. The Bertz CT molecular complexity index is 822. The highest BCUT2D eigenvalue weighted by molar-refractivity contribution is 9.10. The van der Waals surface area contributed by atoms with Crippen LogP contribution in [0.5, 0.6) is 0 Å². The molecule has 0 aromatic carbocycles. The average Bonchev–Trinajstić information content (AvgIpc) is 2.95. The van der Waals surface area contributed by atoms with Crippen molar-refractivity contribution in [3.8, 4) is 0 Å². The molecule has 2 rings (SSSR count). The number of sulfone groups is 1. The lowest BCUT2D eigenvalue weighted by atomic mass is 10.4. The Kier molecular flexibility index (Phi) is 5.76. The molecule has 0 bridgehead atoms. The van der Waals surface area contributed by atoms with Crippen LogP contribution in [-0.4, -0.2) is 40.2 Å². The van der Waals surface area contributed by atoms with Crippen LogP contribution in [0.4, 0.5) is 5.13 Å². The first-order valence-corrected chi connectivity index (χ1v) is 10.0. The molecular formula is C12H14BrN5O3S2. The van der Waals surface area contributed by atoms with Crippen LogP contribution < -0.4 is 5.32 Å². The fourth-order valence-electron chi connectivity index (χ4n) is 1.62. The molecule has 11 heteroatoms. The van der Waals surface area contributed by atoms with Crippen molar-refractivity contribution in [2.24, 2.45) is 0 Å². The third-order valence-electron chi connectivity index (χ3n) is 2.68.